The van der Waals surface area contributed by atoms with E-state index in [9.17, 15) is 0 Å². The van der Waals surface area contributed by atoms with Gasteiger partial charge in [0.1, 0.15) is 23.0 Å². The second-order valence-corrected chi connectivity index (χ2v) is 26.3. The second-order valence-electron chi connectivity index (χ2n) is 26.3. The molecule has 8 heteroatoms. The van der Waals surface area contributed by atoms with E-state index in [0.29, 0.717) is 0 Å². The molecule has 0 saturated carbocycles. The maximum Gasteiger partial charge on any atom is 0.260 e. The SMILES string of the molecule is CC1(C)c2cc(N(c3ccccc3)c3ccccc3)ccc2-c2cc3c4c(c21)Oc1ccccc1B4c1cc2c(cc1O3)N(c1ccccc1)c1cc3c(c4c1B2c1ccccc1N4c1ccccc1)C(C)(C)c1cc(N(c2ccccc2)c2ccccc2)ccc1-3. The van der Waals surface area contributed by atoms with Crippen LogP contribution in [0.1, 0.15) is 49.9 Å². The zero-order valence-corrected chi connectivity index (χ0v) is 51.5. The van der Waals surface area contributed by atoms with Crippen molar-refractivity contribution in [1.29, 1.82) is 0 Å². The van der Waals surface area contributed by atoms with E-state index in [1.807, 2.05) is 0 Å². The van der Waals surface area contributed by atoms with Gasteiger partial charge in [0.25, 0.3) is 13.4 Å². The van der Waals surface area contributed by atoms with E-state index in [-0.39, 0.29) is 13.4 Å². The van der Waals surface area contributed by atoms with Crippen molar-refractivity contribution in [3.8, 4) is 45.3 Å². The van der Waals surface area contributed by atoms with E-state index in [4.69, 9.17) is 9.47 Å². The highest BCUT2D eigenvalue weighted by atomic mass is 16.5. The number of hydrogen-bond donors (Lipinski definition) is 0. The lowest BCUT2D eigenvalue weighted by atomic mass is 9.30. The average Bonchev–Trinajstić information content (AvgIpc) is 1.17. The number of benzene rings is 13. The van der Waals surface area contributed by atoms with Gasteiger partial charge in [0.05, 0.1) is 0 Å². The molecule has 6 nitrogen and oxygen atoms in total. The highest BCUT2D eigenvalue weighted by Crippen LogP contribution is 2.60. The second kappa shape index (κ2) is 19.6. The maximum atomic E-state index is 7.63. The molecular formula is C84H60B2N4O2. The molecular weight excluding hydrogens is 1120 g/mol. The Morgan fingerprint density at radius 2 is 0.772 bits per heavy atom. The first-order chi connectivity index (χ1) is 45.2. The molecule has 13 aromatic rings. The summed E-state index contributed by atoms with van der Waals surface area (Å²) < 4.78 is 15.0. The monoisotopic (exact) mass is 1180 g/mol. The van der Waals surface area contributed by atoms with Crippen LogP contribution < -0.4 is 61.9 Å². The molecule has 19 rings (SSSR count). The van der Waals surface area contributed by atoms with Gasteiger partial charge < -0.3 is 29.1 Å². The molecule has 0 radical (unpaired) electrons. The summed E-state index contributed by atoms with van der Waals surface area (Å²) in [6.07, 6.45) is 0. The number of para-hydroxylation sites is 8. The lowest BCUT2D eigenvalue weighted by Crippen LogP contribution is -2.64. The van der Waals surface area contributed by atoms with Crippen LogP contribution >= 0.6 is 0 Å². The molecule has 0 fully saturated rings. The normalized spacial score (nSPS) is 14.6. The quantitative estimate of drug-likeness (QED) is 0.141. The van der Waals surface area contributed by atoms with Crippen LogP contribution in [0.25, 0.3) is 22.3 Å². The summed E-state index contributed by atoms with van der Waals surface area (Å²) in [4.78, 5) is 9.89. The minimum absolute atomic E-state index is 0.159. The summed E-state index contributed by atoms with van der Waals surface area (Å²) in [6.45, 7) is 9.31. The van der Waals surface area contributed by atoms with Gasteiger partial charge in [-0.2, -0.15) is 0 Å². The van der Waals surface area contributed by atoms with Crippen molar-refractivity contribution in [2.24, 2.45) is 0 Å². The Hall–Kier alpha value is -11.2. The fraction of sp³-hybridized carbons (Fsp3) is 0.0714. The molecule has 4 aliphatic heterocycles. The number of ether oxygens (including phenoxy) is 2. The Kier molecular flexibility index (Phi) is 11.3. The van der Waals surface area contributed by atoms with Crippen molar-refractivity contribution < 1.29 is 9.47 Å². The molecule has 13 aromatic carbocycles. The summed E-state index contributed by atoms with van der Waals surface area (Å²) >= 11 is 0. The molecule has 6 aliphatic rings. The summed E-state index contributed by atoms with van der Waals surface area (Å²) in [7, 11) is 0. The summed E-state index contributed by atoms with van der Waals surface area (Å²) in [6, 6.07) is 107. The third kappa shape index (κ3) is 7.46. The van der Waals surface area contributed by atoms with Crippen LogP contribution in [0.5, 0.6) is 23.0 Å². The molecule has 0 atom stereocenters. The highest BCUT2D eigenvalue weighted by Gasteiger charge is 2.52. The molecule has 2 aliphatic carbocycles. The Bertz CT molecular complexity index is 5120. The van der Waals surface area contributed by atoms with E-state index < -0.39 is 10.8 Å². The summed E-state index contributed by atoms with van der Waals surface area (Å²) in [5, 5.41) is 0. The molecule has 0 saturated heterocycles. The van der Waals surface area contributed by atoms with Gasteiger partial charge in [-0.15, -0.1) is 0 Å². The van der Waals surface area contributed by atoms with Crippen molar-refractivity contribution in [2.75, 3.05) is 19.6 Å². The highest BCUT2D eigenvalue weighted by molar-refractivity contribution is 7.02. The van der Waals surface area contributed by atoms with Crippen LogP contribution in [-0.4, -0.2) is 13.4 Å². The van der Waals surface area contributed by atoms with Crippen LogP contribution in [0.2, 0.25) is 0 Å². The number of nitrogens with zero attached hydrogens (tertiary/aromatic N) is 4. The molecule has 92 heavy (non-hydrogen) atoms. The predicted molar refractivity (Wildman–Crippen MR) is 383 cm³/mol. The van der Waals surface area contributed by atoms with Crippen molar-refractivity contribution in [3.63, 3.8) is 0 Å². The van der Waals surface area contributed by atoms with E-state index in [1.165, 1.54) is 66.7 Å². The number of hydrogen-bond acceptors (Lipinski definition) is 6. The zero-order chi connectivity index (χ0) is 61.1. The topological polar surface area (TPSA) is 31.4 Å². The zero-order valence-electron chi connectivity index (χ0n) is 51.5. The van der Waals surface area contributed by atoms with E-state index >= 15 is 0 Å². The van der Waals surface area contributed by atoms with Crippen LogP contribution in [0.3, 0.4) is 0 Å². The van der Waals surface area contributed by atoms with Gasteiger partial charge in [-0.05, 0) is 188 Å². The van der Waals surface area contributed by atoms with Crippen molar-refractivity contribution >= 4 is 114 Å². The predicted octanol–water partition coefficient (Wildman–Crippen LogP) is 18.0. The van der Waals surface area contributed by atoms with Gasteiger partial charge >= 0.3 is 0 Å². The van der Waals surface area contributed by atoms with Gasteiger partial charge in [-0.25, -0.2) is 0 Å². The van der Waals surface area contributed by atoms with Crippen LogP contribution in [-0.2, 0) is 10.8 Å². The molecule has 0 bridgehead atoms. The first-order valence-electron chi connectivity index (χ1n) is 32.1. The van der Waals surface area contributed by atoms with E-state index in [1.54, 1.807) is 0 Å². The number of fused-ring (bicyclic) bond motifs is 16. The molecule has 0 N–H and O–H groups in total. The average molecular weight is 1180 g/mol. The third-order valence-electron chi connectivity index (χ3n) is 20.6. The fourth-order valence-corrected chi connectivity index (χ4v) is 16.7. The molecule has 0 amide bonds. The third-order valence-corrected chi connectivity index (χ3v) is 20.6. The summed E-state index contributed by atoms with van der Waals surface area (Å²) in [5.41, 5.74) is 29.6. The van der Waals surface area contributed by atoms with Gasteiger partial charge in [-0.1, -0.05) is 191 Å². The van der Waals surface area contributed by atoms with Gasteiger partial charge in [-0.3, -0.25) is 0 Å². The van der Waals surface area contributed by atoms with Crippen molar-refractivity contribution in [2.45, 2.75) is 38.5 Å². The minimum atomic E-state index is -0.445. The van der Waals surface area contributed by atoms with Crippen LogP contribution in [0.15, 0.2) is 291 Å². The standard InChI is InChI=1S/C84H60B2N4O2/c1-83(2)65-47-59(87(53-27-11-5-12-28-53)54-29-13-6-14-30-54)43-45-61(65)63-49-73-79-81(77(63)83)90(58-37-21-10-22-38-58)71-41-25-23-39-67(71)85(79)69-51-70-75(52-72(69)89(73)57-35-19-9-20-36-57)91-76-50-64-62-46-44-60(88(55-31-15-7-16-32-55)56-33-17-8-18-34-56)48-66(62)84(3,4)78(64)82-80(76)86(70)68-40-24-26-42-74(68)92-82/h5-52H,1-4H3. The number of anilines is 12. The van der Waals surface area contributed by atoms with E-state index in [2.05, 4.69) is 338 Å². The first-order valence-corrected chi connectivity index (χ1v) is 32.1. The number of rotatable bonds is 8. The lowest BCUT2D eigenvalue weighted by molar-refractivity contribution is 0.453. The Balaban J connectivity index is 0.836. The van der Waals surface area contributed by atoms with Gasteiger partial charge in [0.2, 0.25) is 0 Å². The van der Waals surface area contributed by atoms with Crippen LogP contribution in [0, 0.1) is 0 Å². The Morgan fingerprint density at radius 3 is 1.34 bits per heavy atom. The molecule has 0 unspecified atom stereocenters. The molecule has 434 valence electrons. The minimum Gasteiger partial charge on any atom is -0.458 e. The van der Waals surface area contributed by atoms with Crippen LogP contribution in [0.4, 0.5) is 68.2 Å². The maximum absolute atomic E-state index is 7.63. The lowest BCUT2D eigenvalue weighted by Gasteiger charge is -2.46. The Labute approximate surface area is 537 Å². The first kappa shape index (κ1) is 52.7. The molecule has 0 aromatic heterocycles. The molecule has 0 spiro atoms. The fourth-order valence-electron chi connectivity index (χ4n) is 16.7. The van der Waals surface area contributed by atoms with Crippen molar-refractivity contribution in [3.05, 3.63) is 313 Å². The largest absolute Gasteiger partial charge is 0.458 e. The Morgan fingerprint density at radius 1 is 0.304 bits per heavy atom. The van der Waals surface area contributed by atoms with Gasteiger partial charge in [0.15, 0.2) is 0 Å². The molecule has 4 heterocycles. The van der Waals surface area contributed by atoms with Gasteiger partial charge in [0, 0.05) is 96.2 Å². The summed E-state index contributed by atoms with van der Waals surface area (Å²) in [5.74, 6) is 3.44. The van der Waals surface area contributed by atoms with Crippen molar-refractivity contribution in [1.82, 2.24) is 0 Å². The van der Waals surface area contributed by atoms with E-state index in [0.717, 1.165) is 102 Å². The smallest absolute Gasteiger partial charge is 0.260 e.